The highest BCUT2D eigenvalue weighted by molar-refractivity contribution is 7.99. The zero-order valence-corrected chi connectivity index (χ0v) is 16.4. The first-order valence-electron chi connectivity index (χ1n) is 9.14. The first-order valence-corrected chi connectivity index (χ1v) is 10.2. The number of ether oxygens (including phenoxy) is 2. The normalized spacial score (nSPS) is 16.0. The van der Waals surface area contributed by atoms with Crippen molar-refractivity contribution in [1.82, 2.24) is 4.90 Å². The molecular weight excluding hydrogens is 370 g/mol. The second kappa shape index (κ2) is 8.40. The number of hydrogen-bond donors (Lipinski definition) is 0. The van der Waals surface area contributed by atoms with Crippen molar-refractivity contribution in [1.29, 1.82) is 0 Å². The molecule has 1 saturated heterocycles. The molecule has 1 aliphatic heterocycles. The van der Waals surface area contributed by atoms with Crippen LogP contribution in [0.25, 0.3) is 0 Å². The minimum absolute atomic E-state index is 0.0169. The van der Waals surface area contributed by atoms with Gasteiger partial charge in [0.15, 0.2) is 0 Å². The summed E-state index contributed by atoms with van der Waals surface area (Å²) in [6.45, 7) is 0.717. The third kappa shape index (κ3) is 3.99. The summed E-state index contributed by atoms with van der Waals surface area (Å²) < 4.78 is 11.2. The van der Waals surface area contributed by atoms with Crippen LogP contribution in [0.3, 0.4) is 0 Å². The highest BCUT2D eigenvalue weighted by Crippen LogP contribution is 2.40. The van der Waals surface area contributed by atoms with Crippen molar-refractivity contribution in [3.63, 3.8) is 0 Å². The van der Waals surface area contributed by atoms with Crippen molar-refractivity contribution in [3.05, 3.63) is 90.0 Å². The largest absolute Gasteiger partial charge is 0.497 e. The highest BCUT2D eigenvalue weighted by atomic mass is 32.2. The molecular formula is C23H21NO3S. The van der Waals surface area contributed by atoms with Crippen LogP contribution in [0, 0.1) is 0 Å². The van der Waals surface area contributed by atoms with E-state index in [1.54, 1.807) is 24.9 Å². The average molecular weight is 391 g/mol. The highest BCUT2D eigenvalue weighted by Gasteiger charge is 2.31. The molecule has 0 spiro atoms. The average Bonchev–Trinajstić information content (AvgIpc) is 3.24. The summed E-state index contributed by atoms with van der Waals surface area (Å²) >= 11 is 1.77. The number of amides is 1. The Labute approximate surface area is 169 Å². The maximum Gasteiger partial charge on any atom is 0.255 e. The van der Waals surface area contributed by atoms with E-state index in [0.717, 1.165) is 29.4 Å². The van der Waals surface area contributed by atoms with E-state index in [1.807, 2.05) is 77.7 Å². The molecule has 28 heavy (non-hydrogen) atoms. The Balaban J connectivity index is 1.56. The van der Waals surface area contributed by atoms with Crippen LogP contribution in [-0.2, 0) is 0 Å². The second-order valence-electron chi connectivity index (χ2n) is 6.44. The Hall–Kier alpha value is -2.92. The molecule has 5 heteroatoms. The molecule has 0 unspecified atom stereocenters. The van der Waals surface area contributed by atoms with Gasteiger partial charge in [-0.1, -0.05) is 36.4 Å². The Morgan fingerprint density at radius 2 is 1.68 bits per heavy atom. The monoisotopic (exact) mass is 391 g/mol. The molecule has 0 aliphatic carbocycles. The number of carbonyl (C=O) groups excluding carboxylic acids is 1. The Bertz CT molecular complexity index is 961. The number of carbonyl (C=O) groups is 1. The van der Waals surface area contributed by atoms with E-state index in [0.29, 0.717) is 11.3 Å². The zero-order valence-electron chi connectivity index (χ0n) is 15.6. The number of thioether (sulfide) groups is 1. The van der Waals surface area contributed by atoms with Gasteiger partial charge in [-0.2, -0.15) is 0 Å². The van der Waals surface area contributed by atoms with E-state index in [-0.39, 0.29) is 11.3 Å². The van der Waals surface area contributed by atoms with Crippen molar-refractivity contribution in [3.8, 4) is 17.2 Å². The molecule has 3 aromatic rings. The lowest BCUT2D eigenvalue weighted by atomic mass is 10.1. The molecule has 1 aliphatic rings. The van der Waals surface area contributed by atoms with Gasteiger partial charge in [0.2, 0.25) is 0 Å². The van der Waals surface area contributed by atoms with Gasteiger partial charge in [-0.3, -0.25) is 4.79 Å². The number of rotatable bonds is 5. The summed E-state index contributed by atoms with van der Waals surface area (Å²) in [7, 11) is 1.61. The minimum Gasteiger partial charge on any atom is -0.497 e. The van der Waals surface area contributed by atoms with Crippen LogP contribution in [-0.4, -0.2) is 30.2 Å². The van der Waals surface area contributed by atoms with Gasteiger partial charge >= 0.3 is 0 Å². The number of para-hydroxylation sites is 1. The van der Waals surface area contributed by atoms with Crippen molar-refractivity contribution < 1.29 is 14.3 Å². The SMILES string of the molecule is COc1cccc(C(=O)N2CCS[C@H]2c2cccc(Oc3ccccc3)c2)c1. The molecule has 1 amide bonds. The van der Waals surface area contributed by atoms with E-state index in [4.69, 9.17) is 9.47 Å². The standard InChI is InChI=1S/C23H21NO3S/c1-26-20-11-5-7-17(15-20)22(25)24-13-14-28-23(24)18-8-6-12-21(16-18)27-19-9-3-2-4-10-19/h2-12,15-16,23H,13-14H2,1H3/t23-/m0/s1. The molecule has 0 bridgehead atoms. The Kier molecular flexibility index (Phi) is 5.53. The Morgan fingerprint density at radius 1 is 0.929 bits per heavy atom. The molecule has 0 radical (unpaired) electrons. The van der Waals surface area contributed by atoms with Gasteiger partial charge < -0.3 is 14.4 Å². The molecule has 0 saturated carbocycles. The molecule has 4 rings (SSSR count). The van der Waals surface area contributed by atoms with E-state index >= 15 is 0 Å². The van der Waals surface area contributed by atoms with Gasteiger partial charge in [-0.25, -0.2) is 0 Å². The first-order chi connectivity index (χ1) is 13.7. The Morgan fingerprint density at radius 3 is 2.50 bits per heavy atom. The predicted octanol–water partition coefficient (Wildman–Crippen LogP) is 5.38. The molecule has 1 fully saturated rings. The minimum atomic E-state index is -0.0296. The summed E-state index contributed by atoms with van der Waals surface area (Å²) in [5.74, 6) is 3.17. The molecule has 0 aromatic heterocycles. The third-order valence-electron chi connectivity index (χ3n) is 4.59. The van der Waals surface area contributed by atoms with Gasteiger partial charge in [0, 0.05) is 17.9 Å². The van der Waals surface area contributed by atoms with Gasteiger partial charge in [0.25, 0.3) is 5.91 Å². The fraction of sp³-hybridized carbons (Fsp3) is 0.174. The number of benzene rings is 3. The fourth-order valence-corrected chi connectivity index (χ4v) is 4.48. The smallest absolute Gasteiger partial charge is 0.255 e. The number of methoxy groups -OCH3 is 1. The molecule has 4 nitrogen and oxygen atoms in total. The van der Waals surface area contributed by atoms with Gasteiger partial charge in [0.05, 0.1) is 7.11 Å². The lowest BCUT2D eigenvalue weighted by Gasteiger charge is -2.24. The van der Waals surface area contributed by atoms with E-state index < -0.39 is 0 Å². The molecule has 3 aromatic carbocycles. The molecule has 0 N–H and O–H groups in total. The van der Waals surface area contributed by atoms with Gasteiger partial charge in [-0.05, 0) is 48.0 Å². The summed E-state index contributed by atoms with van der Waals surface area (Å²) in [5.41, 5.74) is 1.70. The van der Waals surface area contributed by atoms with Crippen molar-refractivity contribution >= 4 is 17.7 Å². The van der Waals surface area contributed by atoms with Crippen molar-refractivity contribution in [2.45, 2.75) is 5.37 Å². The van der Waals surface area contributed by atoms with E-state index in [2.05, 4.69) is 0 Å². The zero-order chi connectivity index (χ0) is 19.3. The third-order valence-corrected chi connectivity index (χ3v) is 5.85. The van der Waals surface area contributed by atoms with Crippen molar-refractivity contribution in [2.24, 2.45) is 0 Å². The van der Waals surface area contributed by atoms with Crippen LogP contribution in [0.4, 0.5) is 0 Å². The second-order valence-corrected chi connectivity index (χ2v) is 7.63. The van der Waals surface area contributed by atoms with Crippen LogP contribution in [0.2, 0.25) is 0 Å². The number of nitrogens with zero attached hydrogens (tertiary/aromatic N) is 1. The maximum absolute atomic E-state index is 13.1. The van der Waals surface area contributed by atoms with Gasteiger partial charge in [-0.15, -0.1) is 11.8 Å². The van der Waals surface area contributed by atoms with Gasteiger partial charge in [0.1, 0.15) is 22.6 Å². The molecule has 1 heterocycles. The number of hydrogen-bond acceptors (Lipinski definition) is 4. The quantitative estimate of drug-likeness (QED) is 0.586. The molecule has 1 atom stereocenters. The van der Waals surface area contributed by atoms with E-state index in [9.17, 15) is 4.79 Å². The lowest BCUT2D eigenvalue weighted by molar-refractivity contribution is 0.0760. The summed E-state index contributed by atoms with van der Waals surface area (Å²) in [5, 5.41) is -0.0296. The summed E-state index contributed by atoms with van der Waals surface area (Å²) in [4.78, 5) is 15.0. The van der Waals surface area contributed by atoms with Crippen LogP contribution in [0.5, 0.6) is 17.2 Å². The van der Waals surface area contributed by atoms with Crippen LogP contribution in [0.1, 0.15) is 21.3 Å². The van der Waals surface area contributed by atoms with Crippen LogP contribution >= 0.6 is 11.8 Å². The topological polar surface area (TPSA) is 38.8 Å². The maximum atomic E-state index is 13.1. The lowest BCUT2D eigenvalue weighted by Crippen LogP contribution is -2.30. The fourth-order valence-electron chi connectivity index (χ4n) is 3.23. The van der Waals surface area contributed by atoms with E-state index in [1.165, 1.54) is 0 Å². The first kappa shape index (κ1) is 18.4. The predicted molar refractivity (Wildman–Crippen MR) is 112 cm³/mol. The summed E-state index contributed by atoms with van der Waals surface area (Å²) in [6, 6.07) is 25.0. The van der Waals surface area contributed by atoms with Crippen LogP contribution < -0.4 is 9.47 Å². The summed E-state index contributed by atoms with van der Waals surface area (Å²) in [6.07, 6.45) is 0. The van der Waals surface area contributed by atoms with Crippen LogP contribution in [0.15, 0.2) is 78.9 Å². The van der Waals surface area contributed by atoms with Crippen molar-refractivity contribution in [2.75, 3.05) is 19.4 Å². The molecule has 142 valence electrons.